The molecule has 1 aromatic carbocycles. The highest BCUT2D eigenvalue weighted by molar-refractivity contribution is 6.68. The van der Waals surface area contributed by atoms with Crippen molar-refractivity contribution in [1.29, 1.82) is 0 Å². The summed E-state index contributed by atoms with van der Waals surface area (Å²) in [7, 11) is 0. The van der Waals surface area contributed by atoms with Crippen molar-refractivity contribution >= 4 is 75.9 Å². The Labute approximate surface area is 163 Å². The SMILES string of the molecule is CC(C)OC(=O)NC(OC(=O)Nc1ccc(Cl)c(Cl)c1)C(Cl)(Cl)Cl. The van der Waals surface area contributed by atoms with E-state index in [0.717, 1.165) is 0 Å². The van der Waals surface area contributed by atoms with Crippen LogP contribution in [0.3, 0.4) is 0 Å². The maximum absolute atomic E-state index is 11.9. The van der Waals surface area contributed by atoms with Gasteiger partial charge in [0.1, 0.15) is 0 Å². The van der Waals surface area contributed by atoms with Crippen molar-refractivity contribution in [2.75, 3.05) is 5.32 Å². The molecule has 24 heavy (non-hydrogen) atoms. The number of carbonyl (C=O) groups excluding carboxylic acids is 2. The molecule has 0 aliphatic rings. The number of alkyl halides is 3. The normalized spacial score (nSPS) is 12.5. The third-order valence-electron chi connectivity index (χ3n) is 2.28. The molecule has 0 aliphatic carbocycles. The zero-order valence-electron chi connectivity index (χ0n) is 12.4. The fourth-order valence-corrected chi connectivity index (χ4v) is 1.96. The van der Waals surface area contributed by atoms with Gasteiger partial charge in [0.15, 0.2) is 0 Å². The molecule has 1 unspecified atom stereocenters. The van der Waals surface area contributed by atoms with Gasteiger partial charge in [0.25, 0.3) is 0 Å². The number of ether oxygens (including phenoxy) is 2. The first kappa shape index (κ1) is 21.3. The summed E-state index contributed by atoms with van der Waals surface area (Å²) in [6.45, 7) is 3.25. The second-order valence-corrected chi connectivity index (χ2v) is 7.86. The van der Waals surface area contributed by atoms with E-state index in [1.807, 2.05) is 0 Å². The molecule has 1 rings (SSSR count). The lowest BCUT2D eigenvalue weighted by Gasteiger charge is -2.25. The van der Waals surface area contributed by atoms with E-state index >= 15 is 0 Å². The number of rotatable bonds is 4. The zero-order valence-corrected chi connectivity index (χ0v) is 16.2. The molecule has 1 aromatic rings. The Hall–Kier alpha value is -0.790. The van der Waals surface area contributed by atoms with Gasteiger partial charge >= 0.3 is 12.2 Å². The molecule has 2 amide bonds. The summed E-state index contributed by atoms with van der Waals surface area (Å²) in [4.78, 5) is 23.5. The van der Waals surface area contributed by atoms with Gasteiger partial charge in [0, 0.05) is 5.69 Å². The summed E-state index contributed by atoms with van der Waals surface area (Å²) in [5, 5.41) is 5.03. The highest BCUT2D eigenvalue weighted by Crippen LogP contribution is 2.31. The highest BCUT2D eigenvalue weighted by Gasteiger charge is 2.38. The summed E-state index contributed by atoms with van der Waals surface area (Å²) in [6.07, 6.45) is -3.90. The van der Waals surface area contributed by atoms with Gasteiger partial charge in [-0.2, -0.15) is 0 Å². The third-order valence-corrected chi connectivity index (χ3v) is 3.61. The average Bonchev–Trinajstić information content (AvgIpc) is 2.40. The van der Waals surface area contributed by atoms with Crippen molar-refractivity contribution in [3.8, 4) is 0 Å². The molecule has 0 heterocycles. The van der Waals surface area contributed by atoms with E-state index in [1.165, 1.54) is 18.2 Å². The van der Waals surface area contributed by atoms with Crippen molar-refractivity contribution in [2.45, 2.75) is 30.0 Å². The van der Waals surface area contributed by atoms with Crippen LogP contribution in [0.2, 0.25) is 10.0 Å². The van der Waals surface area contributed by atoms with Crippen LogP contribution in [0.5, 0.6) is 0 Å². The molecule has 0 bridgehead atoms. The standard InChI is InChI=1S/C13H13Cl5N2O4/c1-6(2)23-12(22)20-10(13(16,17)18)24-11(21)19-7-3-4-8(14)9(15)5-7/h3-6,10H,1-2H3,(H,19,21)(H,20,22). The lowest BCUT2D eigenvalue weighted by atomic mass is 10.3. The molecule has 6 nitrogen and oxygen atoms in total. The third kappa shape index (κ3) is 7.40. The molecule has 11 heteroatoms. The Morgan fingerprint density at radius 1 is 1.04 bits per heavy atom. The molecule has 0 saturated carbocycles. The minimum Gasteiger partial charge on any atom is -0.447 e. The molecular formula is C13H13Cl5N2O4. The fourth-order valence-electron chi connectivity index (χ4n) is 1.36. The van der Waals surface area contributed by atoms with E-state index in [1.54, 1.807) is 13.8 Å². The molecule has 2 N–H and O–H groups in total. The molecule has 0 aliphatic heterocycles. The Balaban J connectivity index is 2.73. The van der Waals surface area contributed by atoms with E-state index in [0.29, 0.717) is 10.7 Å². The topological polar surface area (TPSA) is 76.7 Å². The Morgan fingerprint density at radius 3 is 2.17 bits per heavy atom. The van der Waals surface area contributed by atoms with Crippen molar-refractivity contribution in [1.82, 2.24) is 5.32 Å². The van der Waals surface area contributed by atoms with Crippen LogP contribution in [-0.4, -0.2) is 28.3 Å². The Morgan fingerprint density at radius 2 is 1.67 bits per heavy atom. The molecule has 0 spiro atoms. The number of anilines is 1. The lowest BCUT2D eigenvalue weighted by molar-refractivity contribution is 0.0677. The van der Waals surface area contributed by atoms with Crippen LogP contribution in [0.25, 0.3) is 0 Å². The van der Waals surface area contributed by atoms with Crippen LogP contribution in [0.15, 0.2) is 18.2 Å². The predicted octanol–water partition coefficient (Wildman–Crippen LogP) is 5.37. The largest absolute Gasteiger partial charge is 0.447 e. The predicted molar refractivity (Wildman–Crippen MR) is 95.4 cm³/mol. The van der Waals surface area contributed by atoms with E-state index in [9.17, 15) is 9.59 Å². The van der Waals surface area contributed by atoms with Crippen LogP contribution in [-0.2, 0) is 9.47 Å². The monoisotopic (exact) mass is 436 g/mol. The number of hydrogen-bond acceptors (Lipinski definition) is 4. The van der Waals surface area contributed by atoms with Gasteiger partial charge in [-0.3, -0.25) is 10.6 Å². The first-order valence-electron chi connectivity index (χ1n) is 6.45. The smallest absolute Gasteiger partial charge is 0.413 e. The maximum atomic E-state index is 11.9. The van der Waals surface area contributed by atoms with Gasteiger partial charge in [0.2, 0.25) is 10.0 Å². The molecule has 0 radical (unpaired) electrons. The number of benzene rings is 1. The van der Waals surface area contributed by atoms with Crippen molar-refractivity contribution in [2.24, 2.45) is 0 Å². The summed E-state index contributed by atoms with van der Waals surface area (Å²) >= 11 is 28.7. The first-order chi connectivity index (χ1) is 11.0. The highest BCUT2D eigenvalue weighted by atomic mass is 35.6. The van der Waals surface area contributed by atoms with Crippen molar-refractivity contribution < 1.29 is 19.1 Å². The minimum atomic E-state index is -2.12. The van der Waals surface area contributed by atoms with Crippen molar-refractivity contribution in [3.63, 3.8) is 0 Å². The summed E-state index contributed by atoms with van der Waals surface area (Å²) in [5.41, 5.74) is 0.294. The van der Waals surface area contributed by atoms with Crippen LogP contribution in [0, 0.1) is 0 Å². The van der Waals surface area contributed by atoms with E-state index < -0.39 is 28.3 Å². The second kappa shape index (κ2) is 9.06. The fraction of sp³-hybridized carbons (Fsp3) is 0.385. The number of nitrogens with one attached hydrogen (secondary N) is 2. The maximum Gasteiger partial charge on any atom is 0.413 e. The van der Waals surface area contributed by atoms with E-state index in [2.05, 4.69) is 10.6 Å². The first-order valence-corrected chi connectivity index (χ1v) is 8.34. The molecular weight excluding hydrogens is 425 g/mol. The Bertz CT molecular complexity index is 607. The quantitative estimate of drug-likeness (QED) is 0.489. The molecule has 0 fully saturated rings. The molecule has 0 saturated heterocycles. The van der Waals surface area contributed by atoms with Gasteiger partial charge in [-0.25, -0.2) is 9.59 Å². The van der Waals surface area contributed by atoms with Gasteiger partial charge in [0.05, 0.1) is 16.1 Å². The van der Waals surface area contributed by atoms with E-state index in [4.69, 9.17) is 67.5 Å². The number of alkyl carbamates (subject to hydrolysis) is 1. The van der Waals surface area contributed by atoms with Gasteiger partial charge in [-0.1, -0.05) is 58.0 Å². The van der Waals surface area contributed by atoms with Crippen LogP contribution >= 0.6 is 58.0 Å². The average molecular weight is 439 g/mol. The van der Waals surface area contributed by atoms with E-state index in [-0.39, 0.29) is 5.02 Å². The van der Waals surface area contributed by atoms with Gasteiger partial charge in [-0.05, 0) is 32.0 Å². The summed E-state index contributed by atoms with van der Waals surface area (Å²) < 4.78 is 7.62. The van der Waals surface area contributed by atoms with Crippen LogP contribution in [0.4, 0.5) is 15.3 Å². The number of halogens is 5. The molecule has 134 valence electrons. The number of hydrogen-bond donors (Lipinski definition) is 2. The van der Waals surface area contributed by atoms with Crippen LogP contribution in [0.1, 0.15) is 13.8 Å². The number of amides is 2. The molecule has 1 atom stereocenters. The van der Waals surface area contributed by atoms with Gasteiger partial charge in [-0.15, -0.1) is 0 Å². The van der Waals surface area contributed by atoms with Crippen molar-refractivity contribution in [3.05, 3.63) is 28.2 Å². The zero-order chi connectivity index (χ0) is 18.5. The minimum absolute atomic E-state index is 0.228. The van der Waals surface area contributed by atoms with Gasteiger partial charge < -0.3 is 9.47 Å². The summed E-state index contributed by atoms with van der Waals surface area (Å²) in [6, 6.07) is 4.36. The second-order valence-electron chi connectivity index (χ2n) is 4.68. The molecule has 0 aromatic heterocycles. The number of carbonyl (C=O) groups is 2. The van der Waals surface area contributed by atoms with Crippen LogP contribution < -0.4 is 10.6 Å². The lowest BCUT2D eigenvalue weighted by Crippen LogP contribution is -2.48. The summed E-state index contributed by atoms with van der Waals surface area (Å²) in [5.74, 6) is 0. The Kier molecular flexibility index (Phi) is 8.02.